The zero-order valence-electron chi connectivity index (χ0n) is 9.76. The van der Waals surface area contributed by atoms with Crippen LogP contribution in [0.25, 0.3) is 0 Å². The summed E-state index contributed by atoms with van der Waals surface area (Å²) in [5.74, 6) is -1.49. The minimum absolute atomic E-state index is 0.0806. The summed E-state index contributed by atoms with van der Waals surface area (Å²) in [6, 6.07) is 12.3. The zero-order chi connectivity index (χ0) is 13.4. The molecule has 0 radical (unpaired) electrons. The number of amides is 2. The Hall–Kier alpha value is -2.69. The van der Waals surface area contributed by atoms with Crippen LogP contribution >= 0.6 is 0 Å². The molecule has 1 heterocycles. The molecule has 2 aromatic rings. The maximum atomic E-state index is 13.5. The number of carbonyl (C=O) groups is 2. The summed E-state index contributed by atoms with van der Waals surface area (Å²) in [6.45, 7) is 0. The number of halogens is 1. The highest BCUT2D eigenvalue weighted by molar-refractivity contribution is 6.21. The van der Waals surface area contributed by atoms with E-state index in [4.69, 9.17) is 0 Å². The average Bonchev–Trinajstić information content (AvgIpc) is 2.67. The van der Waals surface area contributed by atoms with Gasteiger partial charge in [0.2, 0.25) is 0 Å². The number of nitrogens with zero attached hydrogens (tertiary/aromatic N) is 1. The van der Waals surface area contributed by atoms with Crippen LogP contribution in [0.5, 0.6) is 0 Å². The van der Waals surface area contributed by atoms with E-state index in [0.29, 0.717) is 11.1 Å². The third kappa shape index (κ3) is 1.76. The standard InChI is InChI=1S/C14H9FN2O2/c15-11-7-3-4-8-12(11)16-17-13(18)9-5-1-2-6-10(9)14(17)19/h1-8,16H. The number of fused-ring (bicyclic) bond motifs is 1. The van der Waals surface area contributed by atoms with Crippen molar-refractivity contribution < 1.29 is 14.0 Å². The predicted octanol–water partition coefficient (Wildman–Crippen LogP) is 2.45. The van der Waals surface area contributed by atoms with Gasteiger partial charge in [-0.3, -0.25) is 15.0 Å². The van der Waals surface area contributed by atoms with Crippen molar-refractivity contribution in [2.75, 3.05) is 5.43 Å². The lowest BCUT2D eigenvalue weighted by Gasteiger charge is -2.16. The zero-order valence-corrected chi connectivity index (χ0v) is 9.76. The molecule has 0 saturated heterocycles. The van der Waals surface area contributed by atoms with Gasteiger partial charge in [-0.2, -0.15) is 5.01 Å². The third-order valence-corrected chi connectivity index (χ3v) is 2.90. The molecule has 94 valence electrons. The van der Waals surface area contributed by atoms with Crippen LogP contribution < -0.4 is 5.43 Å². The van der Waals surface area contributed by atoms with E-state index in [9.17, 15) is 14.0 Å². The van der Waals surface area contributed by atoms with Crippen molar-refractivity contribution in [2.24, 2.45) is 0 Å². The van der Waals surface area contributed by atoms with Crippen molar-refractivity contribution in [1.82, 2.24) is 5.01 Å². The summed E-state index contributed by atoms with van der Waals surface area (Å²) in [4.78, 5) is 24.1. The van der Waals surface area contributed by atoms with Crippen molar-refractivity contribution >= 4 is 17.5 Å². The van der Waals surface area contributed by atoms with E-state index in [0.717, 1.165) is 5.01 Å². The normalized spacial score (nSPS) is 13.6. The molecule has 0 aliphatic carbocycles. The lowest BCUT2D eigenvalue weighted by molar-refractivity contribution is 0.0691. The molecule has 0 bridgehead atoms. The number of carbonyl (C=O) groups excluding carboxylic acids is 2. The highest BCUT2D eigenvalue weighted by Gasteiger charge is 2.35. The second-order valence-electron chi connectivity index (χ2n) is 4.08. The summed E-state index contributed by atoms with van der Waals surface area (Å²) < 4.78 is 13.5. The van der Waals surface area contributed by atoms with Crippen LogP contribution in [0.4, 0.5) is 10.1 Å². The molecule has 1 aliphatic rings. The first-order chi connectivity index (χ1) is 9.18. The van der Waals surface area contributed by atoms with E-state index in [1.807, 2.05) is 0 Å². The summed E-state index contributed by atoms with van der Waals surface area (Å²) in [6.07, 6.45) is 0. The van der Waals surface area contributed by atoms with Crippen LogP contribution in [-0.4, -0.2) is 16.8 Å². The third-order valence-electron chi connectivity index (χ3n) is 2.90. The van der Waals surface area contributed by atoms with Crippen LogP contribution in [0.3, 0.4) is 0 Å². The fourth-order valence-electron chi connectivity index (χ4n) is 1.96. The molecule has 0 aromatic heterocycles. The van der Waals surface area contributed by atoms with E-state index < -0.39 is 17.6 Å². The molecular weight excluding hydrogens is 247 g/mol. The smallest absolute Gasteiger partial charge is 0.280 e. The first kappa shape index (κ1) is 11.4. The molecule has 0 fully saturated rings. The van der Waals surface area contributed by atoms with Gasteiger partial charge in [-0.05, 0) is 24.3 Å². The number of hydrogen-bond donors (Lipinski definition) is 1. The van der Waals surface area contributed by atoms with Gasteiger partial charge in [-0.25, -0.2) is 4.39 Å². The maximum Gasteiger partial charge on any atom is 0.280 e. The molecular formula is C14H9FN2O2. The highest BCUT2D eigenvalue weighted by atomic mass is 19.1. The molecule has 1 N–H and O–H groups in total. The van der Waals surface area contributed by atoms with Gasteiger partial charge in [0, 0.05) is 0 Å². The quantitative estimate of drug-likeness (QED) is 0.839. The Morgan fingerprint density at radius 3 is 1.95 bits per heavy atom. The van der Waals surface area contributed by atoms with E-state index in [1.54, 1.807) is 30.3 Å². The van der Waals surface area contributed by atoms with Gasteiger partial charge >= 0.3 is 0 Å². The summed E-state index contributed by atoms with van der Waals surface area (Å²) in [5, 5.41) is 0.822. The van der Waals surface area contributed by atoms with Crippen molar-refractivity contribution in [1.29, 1.82) is 0 Å². The molecule has 2 amide bonds. The van der Waals surface area contributed by atoms with Gasteiger partial charge in [0.15, 0.2) is 0 Å². The van der Waals surface area contributed by atoms with Gasteiger partial charge in [0.05, 0.1) is 16.8 Å². The van der Waals surface area contributed by atoms with Crippen LogP contribution in [0.15, 0.2) is 48.5 Å². The molecule has 0 unspecified atom stereocenters. The van der Waals surface area contributed by atoms with Gasteiger partial charge in [-0.15, -0.1) is 0 Å². The second-order valence-corrected chi connectivity index (χ2v) is 4.08. The van der Waals surface area contributed by atoms with Crippen molar-refractivity contribution in [3.63, 3.8) is 0 Å². The topological polar surface area (TPSA) is 49.4 Å². The molecule has 2 aromatic carbocycles. The van der Waals surface area contributed by atoms with E-state index in [2.05, 4.69) is 5.43 Å². The molecule has 1 aliphatic heterocycles. The monoisotopic (exact) mass is 256 g/mol. The molecule has 19 heavy (non-hydrogen) atoms. The lowest BCUT2D eigenvalue weighted by Crippen LogP contribution is -2.35. The van der Waals surface area contributed by atoms with Gasteiger partial charge in [0.1, 0.15) is 5.82 Å². The Balaban J connectivity index is 1.95. The van der Waals surface area contributed by atoms with Crippen molar-refractivity contribution in [3.05, 3.63) is 65.5 Å². The van der Waals surface area contributed by atoms with Crippen LogP contribution in [0.1, 0.15) is 20.7 Å². The average molecular weight is 256 g/mol. The Bertz CT molecular complexity index is 650. The van der Waals surface area contributed by atoms with Crippen molar-refractivity contribution in [3.8, 4) is 0 Å². The van der Waals surface area contributed by atoms with Gasteiger partial charge in [0.25, 0.3) is 11.8 Å². The summed E-state index contributed by atoms with van der Waals surface area (Å²) in [7, 11) is 0. The molecule has 4 nitrogen and oxygen atoms in total. The van der Waals surface area contributed by atoms with Crippen molar-refractivity contribution in [2.45, 2.75) is 0 Å². The minimum Gasteiger partial charge on any atom is -0.285 e. The SMILES string of the molecule is O=C1c2ccccc2C(=O)N1Nc1ccccc1F. The fraction of sp³-hybridized carbons (Fsp3) is 0. The predicted molar refractivity (Wildman–Crippen MR) is 67.0 cm³/mol. The van der Waals surface area contributed by atoms with E-state index in [-0.39, 0.29) is 5.69 Å². The molecule has 0 saturated carbocycles. The maximum absolute atomic E-state index is 13.5. The second kappa shape index (κ2) is 4.20. The summed E-state index contributed by atoms with van der Waals surface area (Å²) >= 11 is 0. The Labute approximate surface area is 108 Å². The van der Waals surface area contributed by atoms with Crippen LogP contribution in [0, 0.1) is 5.82 Å². The minimum atomic E-state index is -0.529. The summed E-state index contributed by atoms with van der Waals surface area (Å²) in [5.41, 5.74) is 3.23. The van der Waals surface area contributed by atoms with Gasteiger partial charge in [-0.1, -0.05) is 24.3 Å². The molecule has 5 heteroatoms. The largest absolute Gasteiger partial charge is 0.285 e. The number of anilines is 1. The number of nitrogens with one attached hydrogen (secondary N) is 1. The number of benzene rings is 2. The Kier molecular flexibility index (Phi) is 2.52. The van der Waals surface area contributed by atoms with Gasteiger partial charge < -0.3 is 0 Å². The Morgan fingerprint density at radius 1 is 0.842 bits per heavy atom. The molecule has 3 rings (SSSR count). The molecule has 0 spiro atoms. The van der Waals surface area contributed by atoms with E-state index in [1.165, 1.54) is 18.2 Å². The molecule has 0 atom stereocenters. The highest BCUT2D eigenvalue weighted by Crippen LogP contribution is 2.24. The van der Waals surface area contributed by atoms with E-state index >= 15 is 0 Å². The number of rotatable bonds is 2. The first-order valence-corrected chi connectivity index (χ1v) is 5.67. The van der Waals surface area contributed by atoms with Crippen LogP contribution in [0.2, 0.25) is 0 Å². The number of hydrazine groups is 1. The number of imide groups is 1. The lowest BCUT2D eigenvalue weighted by atomic mass is 10.1. The van der Waals surface area contributed by atoms with Crippen LogP contribution in [-0.2, 0) is 0 Å². The number of hydrogen-bond acceptors (Lipinski definition) is 3. The fourth-order valence-corrected chi connectivity index (χ4v) is 1.96. The number of para-hydroxylation sites is 1. The first-order valence-electron chi connectivity index (χ1n) is 5.67. The Morgan fingerprint density at radius 2 is 1.37 bits per heavy atom.